The SMILES string of the molecule is COCC(CNC(CN)c1ccccc1)OC. The van der Waals surface area contributed by atoms with Crippen LogP contribution >= 0.6 is 0 Å². The second-order valence-electron chi connectivity index (χ2n) is 3.92. The van der Waals surface area contributed by atoms with Gasteiger partial charge >= 0.3 is 0 Å². The fraction of sp³-hybridized carbons (Fsp3) is 0.538. The zero-order valence-corrected chi connectivity index (χ0v) is 10.6. The van der Waals surface area contributed by atoms with Gasteiger partial charge in [0.05, 0.1) is 12.7 Å². The molecule has 3 N–H and O–H groups in total. The zero-order valence-electron chi connectivity index (χ0n) is 10.6. The number of ether oxygens (including phenoxy) is 2. The van der Waals surface area contributed by atoms with Crippen LogP contribution in [-0.2, 0) is 9.47 Å². The van der Waals surface area contributed by atoms with E-state index in [0.717, 1.165) is 6.54 Å². The Morgan fingerprint density at radius 2 is 1.94 bits per heavy atom. The van der Waals surface area contributed by atoms with Crippen LogP contribution in [-0.4, -0.2) is 40.0 Å². The van der Waals surface area contributed by atoms with E-state index >= 15 is 0 Å². The van der Waals surface area contributed by atoms with E-state index in [2.05, 4.69) is 17.4 Å². The molecule has 0 aliphatic carbocycles. The predicted octanol–water partition coefficient (Wildman–Crippen LogP) is 0.937. The van der Waals surface area contributed by atoms with Gasteiger partial charge in [0.15, 0.2) is 0 Å². The third kappa shape index (κ3) is 4.83. The van der Waals surface area contributed by atoms with Crippen molar-refractivity contribution in [3.8, 4) is 0 Å². The fourth-order valence-corrected chi connectivity index (χ4v) is 1.69. The van der Waals surface area contributed by atoms with Crippen LogP contribution in [0.1, 0.15) is 11.6 Å². The first-order chi connectivity index (χ1) is 8.31. The third-order valence-electron chi connectivity index (χ3n) is 2.72. The quantitative estimate of drug-likeness (QED) is 0.707. The maximum Gasteiger partial charge on any atom is 0.0928 e. The lowest BCUT2D eigenvalue weighted by Gasteiger charge is -2.21. The molecule has 0 aromatic heterocycles. The van der Waals surface area contributed by atoms with E-state index in [9.17, 15) is 0 Å². The Balaban J connectivity index is 2.47. The maximum atomic E-state index is 5.77. The predicted molar refractivity (Wildman–Crippen MR) is 68.9 cm³/mol. The molecule has 2 atom stereocenters. The largest absolute Gasteiger partial charge is 0.382 e. The van der Waals surface area contributed by atoms with Gasteiger partial charge in [0.2, 0.25) is 0 Å². The van der Waals surface area contributed by atoms with Crippen LogP contribution in [0.25, 0.3) is 0 Å². The Morgan fingerprint density at radius 3 is 2.47 bits per heavy atom. The van der Waals surface area contributed by atoms with Crippen molar-refractivity contribution in [3.05, 3.63) is 35.9 Å². The highest BCUT2D eigenvalue weighted by Crippen LogP contribution is 2.10. The molecule has 96 valence electrons. The summed E-state index contributed by atoms with van der Waals surface area (Å²) in [6.45, 7) is 1.87. The summed E-state index contributed by atoms with van der Waals surface area (Å²) in [6, 6.07) is 10.3. The van der Waals surface area contributed by atoms with E-state index < -0.39 is 0 Å². The topological polar surface area (TPSA) is 56.5 Å². The van der Waals surface area contributed by atoms with E-state index in [1.165, 1.54) is 5.56 Å². The van der Waals surface area contributed by atoms with Crippen molar-refractivity contribution >= 4 is 0 Å². The second kappa shape index (κ2) is 8.20. The zero-order chi connectivity index (χ0) is 12.5. The van der Waals surface area contributed by atoms with Crippen molar-refractivity contribution in [1.82, 2.24) is 5.32 Å². The lowest BCUT2D eigenvalue weighted by atomic mass is 10.1. The van der Waals surface area contributed by atoms with Crippen LogP contribution < -0.4 is 11.1 Å². The summed E-state index contributed by atoms with van der Waals surface area (Å²) in [5.74, 6) is 0. The summed E-state index contributed by atoms with van der Waals surface area (Å²) >= 11 is 0. The van der Waals surface area contributed by atoms with E-state index in [-0.39, 0.29) is 12.1 Å². The Morgan fingerprint density at radius 1 is 1.24 bits per heavy atom. The van der Waals surface area contributed by atoms with E-state index in [4.69, 9.17) is 15.2 Å². The molecule has 4 heteroatoms. The van der Waals surface area contributed by atoms with Crippen LogP contribution in [0.2, 0.25) is 0 Å². The summed E-state index contributed by atoms with van der Waals surface area (Å²) < 4.78 is 10.4. The first kappa shape index (κ1) is 14.1. The summed E-state index contributed by atoms with van der Waals surface area (Å²) in [6.07, 6.45) is 0.0535. The smallest absolute Gasteiger partial charge is 0.0928 e. The molecular weight excluding hydrogens is 216 g/mol. The number of nitrogens with one attached hydrogen (secondary N) is 1. The maximum absolute atomic E-state index is 5.77. The molecule has 0 radical (unpaired) electrons. The fourth-order valence-electron chi connectivity index (χ4n) is 1.69. The minimum absolute atomic E-state index is 0.0535. The first-order valence-corrected chi connectivity index (χ1v) is 5.82. The number of hydrogen-bond acceptors (Lipinski definition) is 4. The molecule has 0 bridgehead atoms. The molecule has 0 saturated carbocycles. The molecular formula is C13H22N2O2. The van der Waals surface area contributed by atoms with Gasteiger partial charge in [-0.25, -0.2) is 0 Å². The highest BCUT2D eigenvalue weighted by molar-refractivity contribution is 5.19. The van der Waals surface area contributed by atoms with Crippen LogP contribution in [0.5, 0.6) is 0 Å². The molecule has 1 rings (SSSR count). The molecule has 1 aromatic rings. The van der Waals surface area contributed by atoms with Gasteiger partial charge in [-0.05, 0) is 5.56 Å². The van der Waals surface area contributed by atoms with E-state index in [1.807, 2.05) is 18.2 Å². The van der Waals surface area contributed by atoms with Gasteiger partial charge in [-0.3, -0.25) is 0 Å². The molecule has 1 aromatic carbocycles. The van der Waals surface area contributed by atoms with Gasteiger partial charge < -0.3 is 20.5 Å². The standard InChI is InChI=1S/C13H22N2O2/c1-16-10-12(17-2)9-15-13(8-14)11-6-4-3-5-7-11/h3-7,12-13,15H,8-10,14H2,1-2H3. The minimum atomic E-state index is 0.0535. The molecule has 0 fully saturated rings. The summed E-state index contributed by atoms with van der Waals surface area (Å²) in [4.78, 5) is 0. The Bertz CT molecular complexity index is 293. The first-order valence-electron chi connectivity index (χ1n) is 5.82. The highest BCUT2D eigenvalue weighted by Gasteiger charge is 2.12. The van der Waals surface area contributed by atoms with Gasteiger partial charge in [0.25, 0.3) is 0 Å². The molecule has 0 saturated heterocycles. The van der Waals surface area contributed by atoms with Gasteiger partial charge in [0.1, 0.15) is 0 Å². The van der Waals surface area contributed by atoms with Gasteiger partial charge in [-0.15, -0.1) is 0 Å². The lowest BCUT2D eigenvalue weighted by molar-refractivity contribution is 0.0275. The number of methoxy groups -OCH3 is 2. The van der Waals surface area contributed by atoms with E-state index in [1.54, 1.807) is 14.2 Å². The highest BCUT2D eigenvalue weighted by atomic mass is 16.5. The second-order valence-corrected chi connectivity index (χ2v) is 3.92. The minimum Gasteiger partial charge on any atom is -0.382 e. The van der Waals surface area contributed by atoms with Crippen LogP contribution in [0, 0.1) is 0 Å². The van der Waals surface area contributed by atoms with Crippen molar-refractivity contribution < 1.29 is 9.47 Å². The van der Waals surface area contributed by atoms with Gasteiger partial charge in [0, 0.05) is 33.4 Å². The van der Waals surface area contributed by atoms with Crippen molar-refractivity contribution in [1.29, 1.82) is 0 Å². The van der Waals surface area contributed by atoms with Crippen LogP contribution in [0.4, 0.5) is 0 Å². The molecule has 0 aliphatic rings. The Hall–Kier alpha value is -0.940. The number of nitrogens with two attached hydrogens (primary N) is 1. The van der Waals surface area contributed by atoms with Crippen molar-refractivity contribution in [2.45, 2.75) is 12.1 Å². The molecule has 0 amide bonds. The van der Waals surface area contributed by atoms with Gasteiger partial charge in [-0.2, -0.15) is 0 Å². The number of benzene rings is 1. The van der Waals surface area contributed by atoms with Crippen LogP contribution in [0.15, 0.2) is 30.3 Å². The third-order valence-corrected chi connectivity index (χ3v) is 2.72. The normalized spacial score (nSPS) is 14.5. The monoisotopic (exact) mass is 238 g/mol. The van der Waals surface area contributed by atoms with Crippen LogP contribution in [0.3, 0.4) is 0 Å². The number of rotatable bonds is 8. The van der Waals surface area contributed by atoms with Gasteiger partial charge in [-0.1, -0.05) is 30.3 Å². The average Bonchev–Trinajstić information content (AvgIpc) is 2.39. The van der Waals surface area contributed by atoms with Crippen molar-refractivity contribution in [3.63, 3.8) is 0 Å². The lowest BCUT2D eigenvalue weighted by Crippen LogP contribution is -2.37. The van der Waals surface area contributed by atoms with Crippen molar-refractivity contribution in [2.75, 3.05) is 33.9 Å². The molecule has 4 nitrogen and oxygen atoms in total. The average molecular weight is 238 g/mol. The number of hydrogen-bond donors (Lipinski definition) is 2. The van der Waals surface area contributed by atoms with E-state index in [0.29, 0.717) is 13.2 Å². The molecule has 0 aliphatic heterocycles. The summed E-state index contributed by atoms with van der Waals surface area (Å²) in [5, 5.41) is 3.39. The van der Waals surface area contributed by atoms with Crippen molar-refractivity contribution in [2.24, 2.45) is 5.73 Å². The molecule has 0 heterocycles. The summed E-state index contributed by atoms with van der Waals surface area (Å²) in [7, 11) is 3.36. The Kier molecular flexibility index (Phi) is 6.81. The molecule has 2 unspecified atom stereocenters. The summed E-state index contributed by atoms with van der Waals surface area (Å²) in [5.41, 5.74) is 6.97. The molecule has 17 heavy (non-hydrogen) atoms. The Labute approximate surface area is 103 Å². The molecule has 0 spiro atoms.